The second-order valence-electron chi connectivity index (χ2n) is 5.37. The number of nitrogens with zero attached hydrogens (tertiary/aromatic N) is 1. The van der Waals surface area contributed by atoms with Crippen LogP contribution in [0.4, 0.5) is 0 Å². The number of aryl methyl sites for hydroxylation is 1. The normalized spacial score (nSPS) is 25.6. The highest BCUT2D eigenvalue weighted by Crippen LogP contribution is 2.21. The van der Waals surface area contributed by atoms with Crippen molar-refractivity contribution in [1.82, 2.24) is 10.2 Å². The van der Waals surface area contributed by atoms with E-state index in [0.29, 0.717) is 0 Å². The minimum absolute atomic E-state index is 0.774. The van der Waals surface area contributed by atoms with E-state index in [1.807, 2.05) is 11.3 Å². The van der Waals surface area contributed by atoms with Gasteiger partial charge in [0.05, 0.1) is 0 Å². The molecule has 1 fully saturated rings. The zero-order chi connectivity index (χ0) is 12.3. The fourth-order valence-corrected chi connectivity index (χ4v) is 3.57. The van der Waals surface area contributed by atoms with Gasteiger partial charge in [0, 0.05) is 42.0 Å². The molecule has 0 saturated carbocycles. The number of thiophene rings is 1. The van der Waals surface area contributed by atoms with Gasteiger partial charge in [0.25, 0.3) is 0 Å². The maximum atomic E-state index is 3.55. The number of likely N-dealkylation sites (tertiary alicyclic amines) is 1. The first-order valence-electron chi connectivity index (χ1n) is 6.65. The van der Waals surface area contributed by atoms with E-state index < -0.39 is 0 Å². The third-order valence-electron chi connectivity index (χ3n) is 3.58. The molecule has 2 unspecified atom stereocenters. The predicted molar refractivity (Wildman–Crippen MR) is 75.6 cm³/mol. The van der Waals surface area contributed by atoms with E-state index in [0.717, 1.165) is 25.0 Å². The fourth-order valence-electron chi connectivity index (χ4n) is 2.71. The van der Waals surface area contributed by atoms with Gasteiger partial charge in [-0.1, -0.05) is 6.92 Å². The van der Waals surface area contributed by atoms with Gasteiger partial charge in [0.15, 0.2) is 0 Å². The Labute approximate surface area is 109 Å². The Morgan fingerprint density at radius 3 is 2.82 bits per heavy atom. The van der Waals surface area contributed by atoms with Gasteiger partial charge in [-0.05, 0) is 38.3 Å². The number of hydrogen-bond acceptors (Lipinski definition) is 3. The van der Waals surface area contributed by atoms with Crippen LogP contribution in [0.1, 0.15) is 30.0 Å². The molecular weight excluding hydrogens is 228 g/mol. The molecule has 2 rings (SSSR count). The van der Waals surface area contributed by atoms with Gasteiger partial charge in [-0.3, -0.25) is 4.90 Å². The number of rotatable bonds is 5. The number of nitrogens with one attached hydrogen (secondary N) is 1. The summed E-state index contributed by atoms with van der Waals surface area (Å²) < 4.78 is 0. The molecule has 3 heteroatoms. The Kier molecular flexibility index (Phi) is 4.60. The molecule has 0 spiro atoms. The SMILES string of the molecule is Cc1ccc(CNCCN2CC(C)CC2C)s1. The van der Waals surface area contributed by atoms with Gasteiger partial charge in [0.2, 0.25) is 0 Å². The molecule has 2 atom stereocenters. The summed E-state index contributed by atoms with van der Waals surface area (Å²) in [7, 11) is 0. The Morgan fingerprint density at radius 2 is 2.24 bits per heavy atom. The Balaban J connectivity index is 1.63. The lowest BCUT2D eigenvalue weighted by Crippen LogP contribution is -2.34. The Hall–Kier alpha value is -0.380. The molecule has 0 aliphatic carbocycles. The van der Waals surface area contributed by atoms with Crippen molar-refractivity contribution >= 4 is 11.3 Å². The van der Waals surface area contributed by atoms with Crippen LogP contribution in [0, 0.1) is 12.8 Å². The van der Waals surface area contributed by atoms with Crippen molar-refractivity contribution in [3.8, 4) is 0 Å². The van der Waals surface area contributed by atoms with Crippen molar-refractivity contribution in [2.24, 2.45) is 5.92 Å². The Bertz CT molecular complexity index is 348. The van der Waals surface area contributed by atoms with Crippen molar-refractivity contribution < 1.29 is 0 Å². The van der Waals surface area contributed by atoms with Crippen LogP contribution in [0.3, 0.4) is 0 Å². The summed E-state index contributed by atoms with van der Waals surface area (Å²) in [5.74, 6) is 0.880. The molecule has 1 aliphatic rings. The quantitative estimate of drug-likeness (QED) is 0.811. The molecule has 0 bridgehead atoms. The molecule has 0 aromatic carbocycles. The summed E-state index contributed by atoms with van der Waals surface area (Å²) in [4.78, 5) is 5.46. The third kappa shape index (κ3) is 3.80. The smallest absolute Gasteiger partial charge is 0.0300 e. The molecule has 2 heterocycles. The van der Waals surface area contributed by atoms with Gasteiger partial charge in [0.1, 0.15) is 0 Å². The van der Waals surface area contributed by atoms with Crippen molar-refractivity contribution in [1.29, 1.82) is 0 Å². The maximum Gasteiger partial charge on any atom is 0.0300 e. The van der Waals surface area contributed by atoms with Crippen molar-refractivity contribution in [2.75, 3.05) is 19.6 Å². The minimum atomic E-state index is 0.774. The molecule has 1 N–H and O–H groups in total. The fraction of sp³-hybridized carbons (Fsp3) is 0.714. The zero-order valence-electron chi connectivity index (χ0n) is 11.2. The molecule has 0 amide bonds. The highest BCUT2D eigenvalue weighted by Gasteiger charge is 2.24. The molecule has 1 saturated heterocycles. The molecular formula is C14H24N2S. The molecule has 17 heavy (non-hydrogen) atoms. The Morgan fingerprint density at radius 1 is 1.41 bits per heavy atom. The molecule has 1 aromatic heterocycles. The van der Waals surface area contributed by atoms with Crippen LogP contribution in [0.2, 0.25) is 0 Å². The van der Waals surface area contributed by atoms with E-state index >= 15 is 0 Å². The van der Waals surface area contributed by atoms with Crippen LogP contribution >= 0.6 is 11.3 Å². The van der Waals surface area contributed by atoms with Crippen molar-refractivity contribution in [3.63, 3.8) is 0 Å². The monoisotopic (exact) mass is 252 g/mol. The summed E-state index contributed by atoms with van der Waals surface area (Å²) in [6, 6.07) is 5.20. The summed E-state index contributed by atoms with van der Waals surface area (Å²) in [6.07, 6.45) is 1.37. The van der Waals surface area contributed by atoms with E-state index in [1.165, 1.54) is 29.3 Å². The standard InChI is InChI=1S/C14H24N2S/c1-11-8-12(2)16(10-11)7-6-15-9-14-5-4-13(3)17-14/h4-5,11-12,15H,6-10H2,1-3H3. The van der Waals surface area contributed by atoms with Crippen LogP contribution in [0.5, 0.6) is 0 Å². The second kappa shape index (κ2) is 5.98. The zero-order valence-corrected chi connectivity index (χ0v) is 12.0. The second-order valence-corrected chi connectivity index (χ2v) is 6.75. The van der Waals surface area contributed by atoms with E-state index in [1.54, 1.807) is 0 Å². The van der Waals surface area contributed by atoms with E-state index in [9.17, 15) is 0 Å². The first-order valence-corrected chi connectivity index (χ1v) is 7.47. The van der Waals surface area contributed by atoms with Crippen molar-refractivity contribution in [3.05, 3.63) is 21.9 Å². The van der Waals surface area contributed by atoms with E-state index in [4.69, 9.17) is 0 Å². The van der Waals surface area contributed by atoms with Gasteiger partial charge in [-0.25, -0.2) is 0 Å². The minimum Gasteiger partial charge on any atom is -0.311 e. The first kappa shape index (κ1) is 13.1. The topological polar surface area (TPSA) is 15.3 Å². The van der Waals surface area contributed by atoms with Crippen LogP contribution < -0.4 is 5.32 Å². The lowest BCUT2D eigenvalue weighted by Gasteiger charge is -2.20. The van der Waals surface area contributed by atoms with Crippen LogP contribution in [0.25, 0.3) is 0 Å². The summed E-state index contributed by atoms with van der Waals surface area (Å²) >= 11 is 1.90. The van der Waals surface area contributed by atoms with Gasteiger partial charge in [-0.15, -0.1) is 11.3 Å². The third-order valence-corrected chi connectivity index (χ3v) is 4.58. The van der Waals surface area contributed by atoms with Gasteiger partial charge >= 0.3 is 0 Å². The molecule has 1 aliphatic heterocycles. The van der Waals surface area contributed by atoms with E-state index in [2.05, 4.69) is 43.1 Å². The van der Waals surface area contributed by atoms with Gasteiger partial charge < -0.3 is 5.32 Å². The molecule has 1 aromatic rings. The highest BCUT2D eigenvalue weighted by atomic mass is 32.1. The first-order chi connectivity index (χ1) is 8.15. The van der Waals surface area contributed by atoms with Crippen molar-refractivity contribution in [2.45, 2.75) is 39.8 Å². The summed E-state index contributed by atoms with van der Waals surface area (Å²) in [5, 5.41) is 3.55. The molecule has 0 radical (unpaired) electrons. The van der Waals surface area contributed by atoms with E-state index in [-0.39, 0.29) is 0 Å². The number of hydrogen-bond donors (Lipinski definition) is 1. The maximum absolute atomic E-state index is 3.55. The van der Waals surface area contributed by atoms with Crippen LogP contribution in [0.15, 0.2) is 12.1 Å². The average Bonchev–Trinajstić information content (AvgIpc) is 2.81. The summed E-state index contributed by atoms with van der Waals surface area (Å²) in [6.45, 7) is 11.5. The lowest BCUT2D eigenvalue weighted by atomic mass is 10.1. The summed E-state index contributed by atoms with van der Waals surface area (Å²) in [5.41, 5.74) is 0. The van der Waals surface area contributed by atoms with Crippen LogP contribution in [-0.4, -0.2) is 30.6 Å². The predicted octanol–water partition coefficient (Wildman–Crippen LogP) is 2.88. The van der Waals surface area contributed by atoms with Crippen LogP contribution in [-0.2, 0) is 6.54 Å². The largest absolute Gasteiger partial charge is 0.311 e. The molecule has 2 nitrogen and oxygen atoms in total. The highest BCUT2D eigenvalue weighted by molar-refractivity contribution is 7.11. The molecule has 96 valence electrons. The average molecular weight is 252 g/mol. The van der Waals surface area contributed by atoms with Gasteiger partial charge in [-0.2, -0.15) is 0 Å². The lowest BCUT2D eigenvalue weighted by molar-refractivity contribution is 0.264.